The van der Waals surface area contributed by atoms with Crippen molar-refractivity contribution in [2.75, 3.05) is 0 Å². The Balaban J connectivity index is 1.17. The predicted octanol–water partition coefficient (Wildman–Crippen LogP) is 10.6. The third kappa shape index (κ3) is 6.11. The van der Waals surface area contributed by atoms with Crippen LogP contribution in [-0.4, -0.2) is 54.0 Å². The maximum Gasteiger partial charge on any atom is 0.159 e. The molecule has 0 radical (unpaired) electrons. The Morgan fingerprint density at radius 2 is 0.750 bits per heavy atom. The van der Waals surface area contributed by atoms with Gasteiger partial charge in [0.2, 0.25) is 0 Å². The molecule has 12 nitrogen and oxygen atoms in total. The van der Waals surface area contributed by atoms with Crippen LogP contribution in [0.1, 0.15) is 5.56 Å². The highest BCUT2D eigenvalue weighted by molar-refractivity contribution is 6.12. The van der Waals surface area contributed by atoms with Crippen molar-refractivity contribution in [1.82, 2.24) is 54.0 Å². The molecule has 0 bridgehead atoms. The van der Waals surface area contributed by atoms with Gasteiger partial charge in [0.15, 0.2) is 23.3 Å². The summed E-state index contributed by atoms with van der Waals surface area (Å²) in [6, 6.07) is 44.6. The summed E-state index contributed by atoms with van der Waals surface area (Å²) >= 11 is 0. The van der Waals surface area contributed by atoms with Gasteiger partial charge in [-0.1, -0.05) is 60.7 Å². The van der Waals surface area contributed by atoms with E-state index in [4.69, 9.17) is 4.98 Å². The molecule has 5 aromatic carbocycles. The highest BCUT2D eigenvalue weighted by atomic mass is 15.1. The number of rotatable bonds is 7. The molecule has 12 aromatic rings. The molecule has 12 heteroatoms. The summed E-state index contributed by atoms with van der Waals surface area (Å²) in [5, 5.41) is 14.3. The minimum absolute atomic E-state index is 0.535. The van der Waals surface area contributed by atoms with Crippen LogP contribution in [0.2, 0.25) is 0 Å². The molecule has 0 N–H and O–H groups in total. The molecule has 7 aromatic heterocycles. The first kappa shape index (κ1) is 36.5. The number of nitriles is 1. The zero-order valence-corrected chi connectivity index (χ0v) is 33.7. The molecule has 0 saturated heterocycles. The fourth-order valence-corrected chi connectivity index (χ4v) is 8.62. The van der Waals surface area contributed by atoms with E-state index in [-0.39, 0.29) is 0 Å². The van der Waals surface area contributed by atoms with Gasteiger partial charge in [-0.25, -0.2) is 44.9 Å². The Morgan fingerprint density at radius 1 is 0.359 bits per heavy atom. The summed E-state index contributed by atoms with van der Waals surface area (Å²) < 4.78 is 4.41. The van der Waals surface area contributed by atoms with Crippen LogP contribution in [0, 0.1) is 11.3 Å². The second kappa shape index (κ2) is 15.0. The molecule has 0 atom stereocenters. The fourth-order valence-electron chi connectivity index (χ4n) is 8.62. The number of hydrogen-bond acceptors (Lipinski definition) is 10. The largest absolute Gasteiger partial charge is 0.307 e. The van der Waals surface area contributed by atoms with Gasteiger partial charge >= 0.3 is 0 Å². The Bertz CT molecular complexity index is 3590. The predicted molar refractivity (Wildman–Crippen MR) is 247 cm³/mol. The van der Waals surface area contributed by atoms with Crippen LogP contribution in [-0.2, 0) is 0 Å². The Hall–Kier alpha value is -9.34. The van der Waals surface area contributed by atoms with Crippen LogP contribution < -0.4 is 0 Å². The van der Waals surface area contributed by atoms with Gasteiger partial charge in [-0.3, -0.25) is 4.57 Å². The van der Waals surface area contributed by atoms with Crippen molar-refractivity contribution in [3.8, 4) is 74.3 Å². The van der Waals surface area contributed by atoms with Crippen molar-refractivity contribution < 1.29 is 0 Å². The lowest BCUT2D eigenvalue weighted by atomic mass is 10.0. The van der Waals surface area contributed by atoms with Crippen molar-refractivity contribution in [1.29, 1.82) is 5.26 Å². The van der Waals surface area contributed by atoms with E-state index in [2.05, 4.69) is 134 Å². The smallest absolute Gasteiger partial charge is 0.159 e. The van der Waals surface area contributed by atoms with E-state index in [1.54, 1.807) is 49.6 Å². The molecule has 0 aliphatic rings. The first-order valence-corrected chi connectivity index (χ1v) is 20.5. The molecule has 7 heterocycles. The average molecular weight is 823 g/mol. The molecule has 12 rings (SSSR count). The van der Waals surface area contributed by atoms with E-state index >= 15 is 0 Å². The third-order valence-electron chi connectivity index (χ3n) is 11.5. The lowest BCUT2D eigenvalue weighted by Crippen LogP contribution is -2.04. The van der Waals surface area contributed by atoms with Crippen molar-refractivity contribution in [3.63, 3.8) is 0 Å². The molecule has 0 fully saturated rings. The summed E-state index contributed by atoms with van der Waals surface area (Å²) in [7, 11) is 0. The van der Waals surface area contributed by atoms with Gasteiger partial charge in [-0.05, 0) is 72.3 Å². The molecule has 0 aliphatic carbocycles. The lowest BCUT2D eigenvalue weighted by molar-refractivity contribution is 1.05. The normalized spacial score (nSPS) is 11.4. The Kier molecular flexibility index (Phi) is 8.55. The average Bonchev–Trinajstić information content (AvgIpc) is 3.88. The summed E-state index contributed by atoms with van der Waals surface area (Å²) in [5.74, 6) is 3.12. The highest BCUT2D eigenvalue weighted by Crippen LogP contribution is 2.41. The molecule has 0 saturated carbocycles. The highest BCUT2D eigenvalue weighted by Gasteiger charge is 2.22. The van der Waals surface area contributed by atoms with Crippen LogP contribution >= 0.6 is 0 Å². The van der Waals surface area contributed by atoms with Crippen molar-refractivity contribution >= 4 is 43.6 Å². The topological polar surface area (TPSA) is 150 Å². The SMILES string of the molecule is N#Cc1cccc(-c2cc(-n3c4cc(-c5ncccn5)ccc4c4ccc(-c5ncccn5)cc43)ncc2-n2c3cc(-c4ncccn4)ccc3c3ccc(-c4ncccn4)cc32)c1. The second-order valence-electron chi connectivity index (χ2n) is 15.1. The number of aromatic nitrogens is 11. The van der Waals surface area contributed by atoms with Gasteiger partial charge in [-0.2, -0.15) is 5.26 Å². The molecule has 298 valence electrons. The van der Waals surface area contributed by atoms with Gasteiger partial charge in [0.05, 0.1) is 45.6 Å². The summed E-state index contributed by atoms with van der Waals surface area (Å²) in [6.45, 7) is 0. The quantitative estimate of drug-likeness (QED) is 0.152. The third-order valence-corrected chi connectivity index (χ3v) is 11.5. The van der Waals surface area contributed by atoms with Crippen molar-refractivity contribution in [2.45, 2.75) is 0 Å². The van der Waals surface area contributed by atoms with Gasteiger partial charge in [0, 0.05) is 98.9 Å². The van der Waals surface area contributed by atoms with Gasteiger partial charge < -0.3 is 4.57 Å². The lowest BCUT2D eigenvalue weighted by Gasteiger charge is -2.17. The minimum atomic E-state index is 0.535. The first-order valence-electron chi connectivity index (χ1n) is 20.5. The van der Waals surface area contributed by atoms with Gasteiger partial charge in [0.1, 0.15) is 5.82 Å². The maximum atomic E-state index is 10.2. The Labute approximate surface area is 364 Å². The van der Waals surface area contributed by atoms with Gasteiger partial charge in [-0.15, -0.1) is 0 Å². The van der Waals surface area contributed by atoms with E-state index in [0.717, 1.165) is 82.7 Å². The van der Waals surface area contributed by atoms with Crippen LogP contribution in [0.3, 0.4) is 0 Å². The van der Waals surface area contributed by atoms with E-state index < -0.39 is 0 Å². The maximum absolute atomic E-state index is 10.2. The summed E-state index contributed by atoms with van der Waals surface area (Å²) in [5.41, 5.74) is 10.2. The molecule has 64 heavy (non-hydrogen) atoms. The van der Waals surface area contributed by atoms with Gasteiger partial charge in [0.25, 0.3) is 0 Å². The fraction of sp³-hybridized carbons (Fsp3) is 0. The van der Waals surface area contributed by atoms with Crippen molar-refractivity contribution in [3.05, 3.63) is 189 Å². The summed E-state index contributed by atoms with van der Waals surface area (Å²) in [4.78, 5) is 42.0. The van der Waals surface area contributed by atoms with Crippen LogP contribution in [0.25, 0.3) is 112 Å². The zero-order chi connectivity index (χ0) is 42.6. The van der Waals surface area contributed by atoms with E-state index in [0.29, 0.717) is 34.7 Å². The second-order valence-corrected chi connectivity index (χ2v) is 15.1. The number of hydrogen-bond donors (Lipinski definition) is 0. The minimum Gasteiger partial charge on any atom is -0.307 e. The molecule has 0 spiro atoms. The Morgan fingerprint density at radius 3 is 1.14 bits per heavy atom. The van der Waals surface area contributed by atoms with Crippen molar-refractivity contribution in [2.24, 2.45) is 0 Å². The summed E-state index contributed by atoms with van der Waals surface area (Å²) in [6.07, 6.45) is 15.9. The number of nitrogens with zero attached hydrogens (tertiary/aromatic N) is 12. The number of pyridine rings is 1. The van der Waals surface area contributed by atoms with Crippen LogP contribution in [0.5, 0.6) is 0 Å². The number of fused-ring (bicyclic) bond motifs is 6. The van der Waals surface area contributed by atoms with Crippen LogP contribution in [0.15, 0.2) is 183 Å². The van der Waals surface area contributed by atoms with E-state index in [1.807, 2.05) is 54.7 Å². The molecular weight excluding hydrogens is 793 g/mol. The van der Waals surface area contributed by atoms with E-state index in [9.17, 15) is 5.26 Å². The zero-order valence-electron chi connectivity index (χ0n) is 33.7. The monoisotopic (exact) mass is 822 g/mol. The standard InChI is InChI=1S/C52H30N12/c53-30-32-6-1-7-33(24-32)42-29-48(64-45-27-36(51-58-20-4-21-59-51)10-14-40(45)41-15-11-37(28-46(41)64)52-60-22-5-23-61-52)62-31-47(42)63-43-25-34(49-54-16-2-17-55-49)8-12-38(43)39-13-9-35(26-44(39)63)50-56-18-3-19-57-50/h1-29,31H. The molecular formula is C52H30N12. The molecule has 0 unspecified atom stereocenters. The van der Waals surface area contributed by atoms with E-state index in [1.165, 1.54) is 0 Å². The number of benzene rings is 5. The molecule has 0 aliphatic heterocycles. The van der Waals surface area contributed by atoms with Crippen LogP contribution in [0.4, 0.5) is 0 Å². The molecule has 0 amide bonds. The first-order chi connectivity index (χ1) is 31.7.